The number of carbonyl (C=O) groups is 2. The molecule has 0 radical (unpaired) electrons. The lowest BCUT2D eigenvalue weighted by Gasteiger charge is -2.26. The van der Waals surface area contributed by atoms with E-state index in [1.807, 2.05) is 6.07 Å². The smallest absolute Gasteiger partial charge is 0.290 e. The number of methoxy groups -OCH3 is 1. The van der Waals surface area contributed by atoms with E-state index in [1.165, 1.54) is 35.4 Å². The second-order valence-electron chi connectivity index (χ2n) is 7.70. The first-order chi connectivity index (χ1) is 16.5. The molecule has 0 aliphatic carbocycles. The van der Waals surface area contributed by atoms with Crippen LogP contribution in [0.3, 0.4) is 0 Å². The number of hydrazone groups is 1. The van der Waals surface area contributed by atoms with Gasteiger partial charge in [0.25, 0.3) is 11.8 Å². The first-order valence-electron chi connectivity index (χ1n) is 10.7. The highest BCUT2D eigenvalue weighted by atomic mass is 35.5. The fourth-order valence-corrected chi connectivity index (χ4v) is 4.08. The summed E-state index contributed by atoms with van der Waals surface area (Å²) < 4.78 is 25.0. The van der Waals surface area contributed by atoms with Gasteiger partial charge < -0.3 is 14.1 Å². The summed E-state index contributed by atoms with van der Waals surface area (Å²) in [6.45, 7) is 0.110. The third-order valence-electron chi connectivity index (χ3n) is 5.53. The van der Waals surface area contributed by atoms with E-state index >= 15 is 0 Å². The Labute approximate surface area is 201 Å². The molecule has 0 unspecified atom stereocenters. The Bertz CT molecular complexity index is 1200. The van der Waals surface area contributed by atoms with Crippen LogP contribution in [0.25, 0.3) is 0 Å². The van der Waals surface area contributed by atoms with Gasteiger partial charge in [-0.25, -0.2) is 9.40 Å². The van der Waals surface area contributed by atoms with Gasteiger partial charge in [-0.3, -0.25) is 9.59 Å². The number of halogens is 2. The highest BCUT2D eigenvalue weighted by Crippen LogP contribution is 2.35. The Morgan fingerprint density at radius 3 is 2.65 bits per heavy atom. The van der Waals surface area contributed by atoms with Gasteiger partial charge in [0, 0.05) is 36.2 Å². The number of furan rings is 1. The molecule has 1 aromatic heterocycles. The fraction of sp³-hybridized carbons (Fsp3) is 0.240. The van der Waals surface area contributed by atoms with Gasteiger partial charge >= 0.3 is 0 Å². The molecule has 0 fully saturated rings. The Balaban J connectivity index is 1.65. The first-order valence-corrected chi connectivity index (χ1v) is 11.1. The van der Waals surface area contributed by atoms with Crippen LogP contribution in [0, 0.1) is 5.82 Å². The molecule has 2 amide bonds. The number of amides is 2. The van der Waals surface area contributed by atoms with E-state index in [1.54, 1.807) is 42.5 Å². The minimum atomic E-state index is -0.678. The lowest BCUT2D eigenvalue weighted by molar-refractivity contribution is -0.133. The zero-order valence-electron chi connectivity index (χ0n) is 18.5. The summed E-state index contributed by atoms with van der Waals surface area (Å²) in [5, 5.41) is 6.26. The number of ether oxygens (including phenoxy) is 1. The lowest BCUT2D eigenvalue weighted by atomic mass is 9.98. The molecule has 0 saturated heterocycles. The molecule has 0 spiro atoms. The largest absolute Gasteiger partial charge is 0.459 e. The highest BCUT2D eigenvalue weighted by Gasteiger charge is 2.36. The average Bonchev–Trinajstić information content (AvgIpc) is 3.52. The maximum atomic E-state index is 14.7. The standard InChI is InChI=1S/C25H23ClFN3O4/c1-33-14-12-29(25(32)23-11-6-13-34-23)16-24(31)30-22(18-8-3-5-10-20(18)27)15-21(28-30)17-7-2-4-9-19(17)26/h2-11,13,22H,12,14-16H2,1H3/t22-/m1/s1. The fourth-order valence-electron chi connectivity index (χ4n) is 3.83. The number of carbonyl (C=O) groups excluding carboxylic acids is 2. The normalized spacial score (nSPS) is 15.3. The molecule has 2 heterocycles. The topological polar surface area (TPSA) is 75.3 Å². The molecule has 1 aliphatic heterocycles. The molecule has 1 aliphatic rings. The van der Waals surface area contributed by atoms with Crippen molar-refractivity contribution < 1.29 is 23.1 Å². The van der Waals surface area contributed by atoms with Gasteiger partial charge in [0.1, 0.15) is 12.4 Å². The number of hydrogen-bond acceptors (Lipinski definition) is 5. The summed E-state index contributed by atoms with van der Waals surface area (Å²) in [6, 6.07) is 15.9. The van der Waals surface area contributed by atoms with E-state index in [-0.39, 0.29) is 31.9 Å². The molecule has 0 N–H and O–H groups in total. The maximum Gasteiger partial charge on any atom is 0.290 e. The van der Waals surface area contributed by atoms with Crippen LogP contribution in [-0.2, 0) is 9.53 Å². The van der Waals surface area contributed by atoms with E-state index in [4.69, 9.17) is 20.8 Å². The van der Waals surface area contributed by atoms with Gasteiger partial charge in [0.2, 0.25) is 0 Å². The summed E-state index contributed by atoms with van der Waals surface area (Å²) in [4.78, 5) is 27.7. The number of rotatable bonds is 8. The number of hydrogen-bond donors (Lipinski definition) is 0. The van der Waals surface area contributed by atoms with E-state index in [0.29, 0.717) is 21.9 Å². The van der Waals surface area contributed by atoms with Crippen molar-refractivity contribution in [3.05, 3.63) is 94.7 Å². The Kier molecular flexibility index (Phi) is 7.40. The van der Waals surface area contributed by atoms with E-state index in [9.17, 15) is 14.0 Å². The monoisotopic (exact) mass is 483 g/mol. The van der Waals surface area contributed by atoms with Gasteiger partial charge in [-0.1, -0.05) is 48.0 Å². The summed E-state index contributed by atoms with van der Waals surface area (Å²) in [7, 11) is 1.51. The van der Waals surface area contributed by atoms with Crippen LogP contribution in [0.15, 0.2) is 76.4 Å². The van der Waals surface area contributed by atoms with Crippen LogP contribution in [0.1, 0.15) is 34.1 Å². The van der Waals surface area contributed by atoms with Crippen molar-refractivity contribution in [2.45, 2.75) is 12.5 Å². The molecule has 0 bridgehead atoms. The van der Waals surface area contributed by atoms with Crippen LogP contribution in [0.4, 0.5) is 4.39 Å². The van der Waals surface area contributed by atoms with E-state index < -0.39 is 23.7 Å². The molecule has 2 aromatic carbocycles. The van der Waals surface area contributed by atoms with Crippen LogP contribution in [0.2, 0.25) is 5.02 Å². The highest BCUT2D eigenvalue weighted by molar-refractivity contribution is 6.34. The summed E-state index contributed by atoms with van der Waals surface area (Å²) >= 11 is 6.36. The molecule has 9 heteroatoms. The minimum absolute atomic E-state index is 0.108. The molecule has 4 rings (SSSR count). The zero-order valence-corrected chi connectivity index (χ0v) is 19.2. The van der Waals surface area contributed by atoms with Crippen molar-refractivity contribution in [1.82, 2.24) is 9.91 Å². The molecular formula is C25H23ClFN3O4. The SMILES string of the molecule is COCCN(CC(=O)N1N=C(c2ccccc2Cl)C[C@@H]1c1ccccc1F)C(=O)c1ccco1. The molecule has 1 atom stereocenters. The van der Waals surface area contributed by atoms with Gasteiger partial charge in [-0.15, -0.1) is 0 Å². The molecule has 0 saturated carbocycles. The second kappa shape index (κ2) is 10.6. The molecular weight excluding hydrogens is 461 g/mol. The van der Waals surface area contributed by atoms with Gasteiger partial charge in [0.15, 0.2) is 5.76 Å². The van der Waals surface area contributed by atoms with Gasteiger partial charge in [-0.05, 0) is 24.3 Å². The van der Waals surface area contributed by atoms with Crippen LogP contribution in [-0.4, -0.2) is 54.2 Å². The van der Waals surface area contributed by atoms with Crippen molar-refractivity contribution in [1.29, 1.82) is 0 Å². The third-order valence-corrected chi connectivity index (χ3v) is 5.86. The molecule has 3 aromatic rings. The number of benzene rings is 2. The molecule has 176 valence electrons. The Morgan fingerprint density at radius 1 is 1.18 bits per heavy atom. The van der Waals surface area contributed by atoms with E-state index in [0.717, 1.165) is 0 Å². The van der Waals surface area contributed by atoms with Crippen molar-refractivity contribution >= 4 is 29.1 Å². The van der Waals surface area contributed by atoms with Crippen molar-refractivity contribution in [2.24, 2.45) is 5.10 Å². The first kappa shape index (κ1) is 23.7. The predicted octanol–water partition coefficient (Wildman–Crippen LogP) is 4.54. The van der Waals surface area contributed by atoms with Crippen molar-refractivity contribution in [2.75, 3.05) is 26.8 Å². The Hall–Kier alpha value is -3.49. The van der Waals surface area contributed by atoms with Gasteiger partial charge in [0.05, 0.1) is 24.6 Å². The van der Waals surface area contributed by atoms with Crippen LogP contribution in [0.5, 0.6) is 0 Å². The third kappa shape index (κ3) is 5.03. The average molecular weight is 484 g/mol. The quantitative estimate of drug-likeness (QED) is 0.471. The predicted molar refractivity (Wildman–Crippen MR) is 125 cm³/mol. The van der Waals surface area contributed by atoms with Crippen molar-refractivity contribution in [3.8, 4) is 0 Å². The molecule has 34 heavy (non-hydrogen) atoms. The summed E-state index contributed by atoms with van der Waals surface area (Å²) in [5.74, 6) is -1.25. The zero-order chi connectivity index (χ0) is 24.1. The minimum Gasteiger partial charge on any atom is -0.459 e. The van der Waals surface area contributed by atoms with E-state index in [2.05, 4.69) is 5.10 Å². The van der Waals surface area contributed by atoms with Gasteiger partial charge in [-0.2, -0.15) is 5.10 Å². The summed E-state index contributed by atoms with van der Waals surface area (Å²) in [5.41, 5.74) is 1.57. The maximum absolute atomic E-state index is 14.7. The van der Waals surface area contributed by atoms with Crippen molar-refractivity contribution in [3.63, 3.8) is 0 Å². The molecule has 7 nitrogen and oxygen atoms in total. The lowest BCUT2D eigenvalue weighted by Crippen LogP contribution is -2.42. The van der Waals surface area contributed by atoms with Crippen LogP contribution >= 0.6 is 11.6 Å². The second-order valence-corrected chi connectivity index (χ2v) is 8.11. The number of nitrogens with zero attached hydrogens (tertiary/aromatic N) is 3. The Morgan fingerprint density at radius 2 is 1.94 bits per heavy atom. The summed E-state index contributed by atoms with van der Waals surface area (Å²) in [6.07, 6.45) is 1.67. The van der Waals surface area contributed by atoms with Crippen LogP contribution < -0.4 is 0 Å².